The molecule has 0 unspecified atom stereocenters. The summed E-state index contributed by atoms with van der Waals surface area (Å²) in [6, 6.07) is 11.3. The van der Waals surface area contributed by atoms with E-state index in [1.165, 1.54) is 6.20 Å². The molecule has 0 amide bonds. The minimum Gasteiger partial charge on any atom is -0.711 e. The second-order valence-electron chi connectivity index (χ2n) is 6.49. The molecule has 0 saturated carbocycles. The lowest BCUT2D eigenvalue weighted by Crippen LogP contribution is -2.48. The van der Waals surface area contributed by atoms with Crippen LogP contribution in [0.5, 0.6) is 0 Å². The van der Waals surface area contributed by atoms with Crippen molar-refractivity contribution in [2.75, 3.05) is 31.1 Å². The Bertz CT molecular complexity index is 1040. The smallest absolute Gasteiger partial charge is 0.290 e. The van der Waals surface area contributed by atoms with Crippen molar-refractivity contribution in [3.8, 4) is 11.3 Å². The maximum absolute atomic E-state index is 12.5. The normalized spacial score (nSPS) is 13.7. The van der Waals surface area contributed by atoms with Gasteiger partial charge in [-0.3, -0.25) is 14.5 Å². The van der Waals surface area contributed by atoms with Gasteiger partial charge in [-0.2, -0.15) is 0 Å². The second-order valence-corrected chi connectivity index (χ2v) is 6.49. The zero-order chi connectivity index (χ0) is 20.1. The molecule has 1 aliphatic heterocycles. The lowest BCUT2D eigenvalue weighted by molar-refractivity contribution is -0.591. The zero-order valence-electron chi connectivity index (χ0n) is 15.5. The molecule has 0 radical (unpaired) electrons. The van der Waals surface area contributed by atoms with E-state index in [9.17, 15) is 10.0 Å². The van der Waals surface area contributed by atoms with Gasteiger partial charge < -0.3 is 20.6 Å². The molecule has 1 aliphatic rings. The highest BCUT2D eigenvalue weighted by molar-refractivity contribution is 5.87. The van der Waals surface area contributed by atoms with E-state index in [4.69, 9.17) is 9.90 Å². The SMILES string of the molecule is Cc1cccc2c(=O)[nH]c(-c3ccc(N4CCNCC4)[n+]([O-])c3)cc12.O=CO. The Kier molecular flexibility index (Phi) is 5.90. The third-order valence-corrected chi connectivity index (χ3v) is 4.75. The number of nitrogens with zero attached hydrogens (tertiary/aromatic N) is 2. The van der Waals surface area contributed by atoms with Crippen molar-refractivity contribution in [1.29, 1.82) is 0 Å². The fourth-order valence-electron chi connectivity index (χ4n) is 3.37. The van der Waals surface area contributed by atoms with E-state index in [0.29, 0.717) is 22.5 Å². The van der Waals surface area contributed by atoms with Crippen molar-refractivity contribution >= 4 is 23.1 Å². The Morgan fingerprint density at radius 1 is 1.18 bits per heavy atom. The van der Waals surface area contributed by atoms with E-state index < -0.39 is 0 Å². The molecule has 2 aromatic heterocycles. The van der Waals surface area contributed by atoms with Gasteiger partial charge in [-0.25, -0.2) is 4.73 Å². The number of aryl methyl sites for hydroxylation is 1. The quantitative estimate of drug-likeness (QED) is 0.349. The molecule has 1 aromatic carbocycles. The number of H-pyrrole nitrogens is 1. The second kappa shape index (κ2) is 8.53. The van der Waals surface area contributed by atoms with Crippen LogP contribution in [0.25, 0.3) is 22.0 Å². The molecule has 4 rings (SSSR count). The number of carbonyl (C=O) groups is 1. The van der Waals surface area contributed by atoms with Crippen LogP contribution in [0.2, 0.25) is 0 Å². The first-order valence-electron chi connectivity index (χ1n) is 8.95. The first kappa shape index (κ1) is 19.4. The summed E-state index contributed by atoms with van der Waals surface area (Å²) in [6.45, 7) is 5.10. The Hall–Kier alpha value is -3.39. The van der Waals surface area contributed by atoms with Crippen molar-refractivity contribution in [2.45, 2.75) is 6.92 Å². The van der Waals surface area contributed by atoms with E-state index in [0.717, 1.165) is 41.9 Å². The predicted molar refractivity (Wildman–Crippen MR) is 107 cm³/mol. The van der Waals surface area contributed by atoms with Crippen LogP contribution in [-0.2, 0) is 4.79 Å². The average molecular weight is 382 g/mol. The number of hydrogen-bond acceptors (Lipinski definition) is 5. The molecule has 146 valence electrons. The molecule has 0 bridgehead atoms. The van der Waals surface area contributed by atoms with Gasteiger partial charge >= 0.3 is 0 Å². The summed E-state index contributed by atoms with van der Waals surface area (Å²) in [4.78, 5) is 25.7. The zero-order valence-corrected chi connectivity index (χ0v) is 15.5. The van der Waals surface area contributed by atoms with Crippen molar-refractivity contribution in [3.05, 3.63) is 63.7 Å². The highest BCUT2D eigenvalue weighted by atomic mass is 16.5. The molecule has 28 heavy (non-hydrogen) atoms. The molecule has 8 nitrogen and oxygen atoms in total. The maximum atomic E-state index is 12.5. The van der Waals surface area contributed by atoms with Gasteiger partial charge in [0.1, 0.15) is 6.20 Å². The molecule has 0 spiro atoms. The lowest BCUT2D eigenvalue weighted by Gasteiger charge is -2.25. The van der Waals surface area contributed by atoms with Crippen LogP contribution in [0.15, 0.2) is 47.4 Å². The van der Waals surface area contributed by atoms with E-state index >= 15 is 0 Å². The first-order chi connectivity index (χ1) is 13.5. The minimum absolute atomic E-state index is 0.139. The number of hydrogen-bond donors (Lipinski definition) is 3. The summed E-state index contributed by atoms with van der Waals surface area (Å²) in [7, 11) is 0. The van der Waals surface area contributed by atoms with E-state index in [-0.39, 0.29) is 12.0 Å². The first-order valence-corrected chi connectivity index (χ1v) is 8.95. The highest BCUT2D eigenvalue weighted by Crippen LogP contribution is 2.22. The van der Waals surface area contributed by atoms with Crippen LogP contribution in [0.3, 0.4) is 0 Å². The fraction of sp³-hybridized carbons (Fsp3) is 0.250. The summed E-state index contributed by atoms with van der Waals surface area (Å²) in [5.74, 6) is 0.643. The number of carboxylic acid groups (broad SMARTS) is 1. The molecular weight excluding hydrogens is 360 g/mol. The van der Waals surface area contributed by atoms with Gasteiger partial charge in [-0.15, -0.1) is 0 Å². The number of aromatic amines is 1. The number of aromatic nitrogens is 2. The van der Waals surface area contributed by atoms with Gasteiger partial charge in [0.15, 0.2) is 0 Å². The van der Waals surface area contributed by atoms with Gasteiger partial charge in [0.05, 0.1) is 18.8 Å². The Balaban J connectivity index is 0.000000706. The summed E-state index contributed by atoms with van der Waals surface area (Å²) in [5, 5.41) is 24.2. The highest BCUT2D eigenvalue weighted by Gasteiger charge is 2.20. The van der Waals surface area contributed by atoms with E-state index in [1.54, 1.807) is 0 Å². The van der Waals surface area contributed by atoms with Crippen molar-refractivity contribution in [2.24, 2.45) is 0 Å². The summed E-state index contributed by atoms with van der Waals surface area (Å²) in [5.41, 5.74) is 2.26. The lowest BCUT2D eigenvalue weighted by atomic mass is 10.0. The Morgan fingerprint density at radius 2 is 1.89 bits per heavy atom. The number of anilines is 1. The Morgan fingerprint density at radius 3 is 2.57 bits per heavy atom. The fourth-order valence-corrected chi connectivity index (χ4v) is 3.37. The summed E-state index contributed by atoms with van der Waals surface area (Å²) < 4.78 is 0.890. The van der Waals surface area contributed by atoms with Crippen LogP contribution in [-0.4, -0.2) is 42.7 Å². The number of benzene rings is 1. The number of pyridine rings is 2. The monoisotopic (exact) mass is 382 g/mol. The van der Waals surface area contributed by atoms with Crippen LogP contribution in [0, 0.1) is 12.1 Å². The molecule has 3 aromatic rings. The van der Waals surface area contributed by atoms with Crippen molar-refractivity contribution in [1.82, 2.24) is 10.3 Å². The summed E-state index contributed by atoms with van der Waals surface area (Å²) in [6.07, 6.45) is 1.53. The number of piperazine rings is 1. The van der Waals surface area contributed by atoms with Crippen LogP contribution >= 0.6 is 0 Å². The maximum Gasteiger partial charge on any atom is 0.290 e. The topological polar surface area (TPSA) is 112 Å². The molecule has 8 heteroatoms. The third kappa shape index (κ3) is 3.96. The van der Waals surface area contributed by atoms with Crippen LogP contribution in [0.1, 0.15) is 5.56 Å². The largest absolute Gasteiger partial charge is 0.711 e. The van der Waals surface area contributed by atoms with E-state index in [2.05, 4.69) is 15.2 Å². The third-order valence-electron chi connectivity index (χ3n) is 4.75. The van der Waals surface area contributed by atoms with Crippen LogP contribution < -0.4 is 20.5 Å². The number of fused-ring (bicyclic) bond motifs is 1. The van der Waals surface area contributed by atoms with Crippen LogP contribution in [0.4, 0.5) is 5.82 Å². The molecular formula is C20H22N4O4. The average Bonchev–Trinajstić information content (AvgIpc) is 2.70. The number of nitrogens with one attached hydrogen (secondary N) is 2. The van der Waals surface area contributed by atoms with Gasteiger partial charge in [0.25, 0.3) is 17.8 Å². The van der Waals surface area contributed by atoms with E-state index in [1.807, 2.05) is 43.3 Å². The van der Waals surface area contributed by atoms with Gasteiger partial charge in [0, 0.05) is 30.1 Å². The van der Waals surface area contributed by atoms with Crippen molar-refractivity contribution in [3.63, 3.8) is 0 Å². The molecule has 0 atom stereocenters. The number of rotatable bonds is 2. The predicted octanol–water partition coefficient (Wildman–Crippen LogP) is 1.25. The molecule has 3 N–H and O–H groups in total. The molecule has 0 aliphatic carbocycles. The van der Waals surface area contributed by atoms with Gasteiger partial charge in [-0.1, -0.05) is 12.1 Å². The molecule has 3 heterocycles. The summed E-state index contributed by atoms with van der Waals surface area (Å²) >= 11 is 0. The van der Waals surface area contributed by atoms with Crippen molar-refractivity contribution < 1.29 is 14.6 Å². The van der Waals surface area contributed by atoms with Gasteiger partial charge in [0.2, 0.25) is 0 Å². The molecule has 1 saturated heterocycles. The molecule has 1 fully saturated rings. The Labute approximate surface area is 161 Å². The van der Waals surface area contributed by atoms with Gasteiger partial charge in [-0.05, 0) is 36.1 Å². The standard InChI is InChI=1S/C19H20N4O2.CH2O2/c1-13-3-2-4-15-16(13)11-17(21-19(15)24)14-5-6-18(23(25)12-14)22-9-7-20-8-10-22;2-1-3/h2-6,11-12,20H,7-10H2,1H3,(H,21,24);1H,(H,2,3). The minimum atomic E-state index is -0.250.